The van der Waals surface area contributed by atoms with E-state index in [1.54, 1.807) is 0 Å². The molecule has 0 aliphatic carbocycles. The maximum atomic E-state index is 12.7. The first-order valence-electron chi connectivity index (χ1n) is 4.84. The molecule has 1 rings (SSSR count). The molecular weight excluding hydrogens is 197 g/mol. The Hall–Kier alpha value is -1.49. The van der Waals surface area contributed by atoms with Crippen LogP contribution in [0.1, 0.15) is 23.2 Å². The van der Waals surface area contributed by atoms with Gasteiger partial charge in [0.15, 0.2) is 0 Å². The number of nitrogens with two attached hydrogens (primary N) is 1. The van der Waals surface area contributed by atoms with Crippen molar-refractivity contribution in [3.8, 4) is 0 Å². The van der Waals surface area contributed by atoms with Crippen LogP contribution in [0.2, 0.25) is 0 Å². The summed E-state index contributed by atoms with van der Waals surface area (Å²) in [7, 11) is 0. The molecule has 0 aromatic carbocycles. The van der Waals surface area contributed by atoms with Gasteiger partial charge < -0.3 is 11.1 Å². The molecule has 3 N–H and O–H groups in total. The van der Waals surface area contributed by atoms with Crippen LogP contribution in [0.5, 0.6) is 0 Å². The third-order valence-corrected chi connectivity index (χ3v) is 1.91. The number of pyridine rings is 1. The molecule has 0 saturated heterocycles. The predicted molar refractivity (Wildman–Crippen MR) is 54.8 cm³/mol. The van der Waals surface area contributed by atoms with Crippen molar-refractivity contribution >= 4 is 5.91 Å². The second-order valence-electron chi connectivity index (χ2n) is 3.12. The summed E-state index contributed by atoms with van der Waals surface area (Å²) in [5, 5.41) is 2.67. The summed E-state index contributed by atoms with van der Waals surface area (Å²) in [6.45, 7) is 1.17. The molecule has 0 saturated carbocycles. The van der Waals surface area contributed by atoms with Crippen molar-refractivity contribution in [3.63, 3.8) is 0 Å². The van der Waals surface area contributed by atoms with Gasteiger partial charge in [0, 0.05) is 24.4 Å². The van der Waals surface area contributed by atoms with E-state index >= 15 is 0 Å². The minimum atomic E-state index is -0.649. The van der Waals surface area contributed by atoms with Crippen LogP contribution in [0.3, 0.4) is 0 Å². The highest BCUT2D eigenvalue weighted by molar-refractivity contribution is 5.93. The van der Waals surface area contributed by atoms with Crippen molar-refractivity contribution in [2.24, 2.45) is 5.73 Å². The van der Waals surface area contributed by atoms with Gasteiger partial charge in [0.25, 0.3) is 5.91 Å². The summed E-state index contributed by atoms with van der Waals surface area (Å²) in [5.41, 5.74) is 5.59. The van der Waals surface area contributed by atoms with Crippen molar-refractivity contribution in [1.82, 2.24) is 10.3 Å². The highest BCUT2D eigenvalue weighted by Crippen LogP contribution is 1.99. The van der Waals surface area contributed by atoms with Crippen molar-refractivity contribution < 1.29 is 9.18 Å². The van der Waals surface area contributed by atoms with Gasteiger partial charge in [0.2, 0.25) is 5.95 Å². The van der Waals surface area contributed by atoms with E-state index in [9.17, 15) is 9.18 Å². The van der Waals surface area contributed by atoms with Crippen LogP contribution >= 0.6 is 0 Å². The lowest BCUT2D eigenvalue weighted by molar-refractivity contribution is 0.0952. The fraction of sp³-hybridized carbons (Fsp3) is 0.400. The van der Waals surface area contributed by atoms with Crippen LogP contribution in [0.4, 0.5) is 4.39 Å². The molecule has 1 aromatic rings. The third-order valence-electron chi connectivity index (χ3n) is 1.91. The molecule has 1 heterocycles. The average molecular weight is 211 g/mol. The molecule has 0 spiro atoms. The van der Waals surface area contributed by atoms with Gasteiger partial charge in [-0.25, -0.2) is 4.98 Å². The molecule has 1 aromatic heterocycles. The first-order valence-corrected chi connectivity index (χ1v) is 4.84. The molecule has 1 amide bonds. The first-order chi connectivity index (χ1) is 7.24. The van der Waals surface area contributed by atoms with Crippen LogP contribution in [0.25, 0.3) is 0 Å². The van der Waals surface area contributed by atoms with Gasteiger partial charge >= 0.3 is 0 Å². The van der Waals surface area contributed by atoms with Crippen molar-refractivity contribution in [2.75, 3.05) is 13.1 Å². The maximum Gasteiger partial charge on any atom is 0.251 e. The number of unbranched alkanes of at least 4 members (excludes halogenated alkanes) is 1. The summed E-state index contributed by atoms with van der Waals surface area (Å²) in [6.07, 6.45) is 2.96. The van der Waals surface area contributed by atoms with Crippen LogP contribution < -0.4 is 11.1 Å². The summed E-state index contributed by atoms with van der Waals surface area (Å²) in [5.74, 6) is -0.932. The van der Waals surface area contributed by atoms with E-state index in [0.717, 1.165) is 18.9 Å². The Balaban J connectivity index is 2.40. The summed E-state index contributed by atoms with van der Waals surface area (Å²) >= 11 is 0. The quantitative estimate of drug-likeness (QED) is 0.556. The molecule has 4 nitrogen and oxygen atoms in total. The lowest BCUT2D eigenvalue weighted by Gasteiger charge is -2.04. The number of hydrogen-bond donors (Lipinski definition) is 2. The second kappa shape index (κ2) is 6.08. The second-order valence-corrected chi connectivity index (χ2v) is 3.12. The number of halogens is 1. The zero-order valence-corrected chi connectivity index (χ0v) is 8.37. The Morgan fingerprint density at radius 1 is 1.53 bits per heavy atom. The van der Waals surface area contributed by atoms with Gasteiger partial charge in [-0.3, -0.25) is 4.79 Å². The summed E-state index contributed by atoms with van der Waals surface area (Å²) in [6, 6.07) is 2.58. The number of hydrogen-bond acceptors (Lipinski definition) is 3. The van der Waals surface area contributed by atoms with E-state index in [1.165, 1.54) is 12.3 Å². The number of carbonyl (C=O) groups is 1. The van der Waals surface area contributed by atoms with Crippen LogP contribution in [-0.4, -0.2) is 24.0 Å². The van der Waals surface area contributed by atoms with Crippen LogP contribution in [-0.2, 0) is 0 Å². The molecule has 0 unspecified atom stereocenters. The molecule has 0 radical (unpaired) electrons. The van der Waals surface area contributed by atoms with Gasteiger partial charge in [-0.1, -0.05) is 0 Å². The Morgan fingerprint density at radius 3 is 3.00 bits per heavy atom. The Morgan fingerprint density at radius 2 is 2.33 bits per heavy atom. The van der Waals surface area contributed by atoms with Crippen LogP contribution in [0.15, 0.2) is 18.3 Å². The van der Waals surface area contributed by atoms with Crippen molar-refractivity contribution in [2.45, 2.75) is 12.8 Å². The average Bonchev–Trinajstić information content (AvgIpc) is 2.24. The van der Waals surface area contributed by atoms with Gasteiger partial charge in [-0.2, -0.15) is 4.39 Å². The van der Waals surface area contributed by atoms with E-state index in [1.807, 2.05) is 0 Å². The number of rotatable bonds is 5. The third kappa shape index (κ3) is 4.03. The normalized spacial score (nSPS) is 10.0. The van der Waals surface area contributed by atoms with Crippen molar-refractivity contribution in [3.05, 3.63) is 29.8 Å². The Bertz CT molecular complexity index is 330. The molecular formula is C10H14FN3O. The van der Waals surface area contributed by atoms with Crippen molar-refractivity contribution in [1.29, 1.82) is 0 Å². The SMILES string of the molecule is NCCCCNC(=O)c1ccnc(F)c1. The fourth-order valence-corrected chi connectivity index (χ4v) is 1.12. The van der Waals surface area contributed by atoms with Crippen LogP contribution in [0, 0.1) is 5.95 Å². The standard InChI is InChI=1S/C10H14FN3O/c11-9-7-8(3-6-13-9)10(15)14-5-2-1-4-12/h3,6-7H,1-2,4-5,12H2,(H,14,15). The number of carbonyl (C=O) groups excluding carboxylic acids is 1. The van der Waals surface area contributed by atoms with Gasteiger partial charge in [0.1, 0.15) is 0 Å². The highest BCUT2D eigenvalue weighted by atomic mass is 19.1. The van der Waals surface area contributed by atoms with E-state index in [0.29, 0.717) is 13.1 Å². The number of aromatic nitrogens is 1. The van der Waals surface area contributed by atoms with E-state index in [4.69, 9.17) is 5.73 Å². The number of nitrogens with one attached hydrogen (secondary N) is 1. The zero-order valence-electron chi connectivity index (χ0n) is 8.37. The molecule has 82 valence electrons. The monoisotopic (exact) mass is 211 g/mol. The topological polar surface area (TPSA) is 68.0 Å². The molecule has 0 aliphatic rings. The van der Waals surface area contributed by atoms with E-state index in [-0.39, 0.29) is 11.5 Å². The first kappa shape index (κ1) is 11.6. The Kier molecular flexibility index (Phi) is 4.70. The molecule has 15 heavy (non-hydrogen) atoms. The fourth-order valence-electron chi connectivity index (χ4n) is 1.12. The molecule has 5 heteroatoms. The summed E-state index contributed by atoms with van der Waals surface area (Å²) in [4.78, 5) is 14.8. The van der Waals surface area contributed by atoms with Gasteiger partial charge in [0.05, 0.1) is 0 Å². The minimum Gasteiger partial charge on any atom is -0.352 e. The van der Waals surface area contributed by atoms with E-state index in [2.05, 4.69) is 10.3 Å². The molecule has 0 atom stereocenters. The van der Waals surface area contributed by atoms with Gasteiger partial charge in [-0.05, 0) is 25.5 Å². The zero-order chi connectivity index (χ0) is 11.1. The minimum absolute atomic E-state index is 0.284. The number of nitrogens with zero attached hydrogens (tertiary/aromatic N) is 1. The molecule has 0 bridgehead atoms. The number of amides is 1. The predicted octanol–water partition coefficient (Wildman–Crippen LogP) is 0.689. The molecule has 0 fully saturated rings. The summed E-state index contributed by atoms with van der Waals surface area (Å²) < 4.78 is 12.7. The lowest BCUT2D eigenvalue weighted by Crippen LogP contribution is -2.25. The maximum absolute atomic E-state index is 12.7. The highest BCUT2D eigenvalue weighted by Gasteiger charge is 2.05. The molecule has 0 aliphatic heterocycles. The largest absolute Gasteiger partial charge is 0.352 e. The Labute approximate surface area is 87.7 Å². The smallest absolute Gasteiger partial charge is 0.251 e. The lowest BCUT2D eigenvalue weighted by atomic mass is 10.2. The van der Waals surface area contributed by atoms with Gasteiger partial charge in [-0.15, -0.1) is 0 Å². The van der Waals surface area contributed by atoms with E-state index < -0.39 is 5.95 Å².